The van der Waals surface area contributed by atoms with Crippen LogP contribution in [0.3, 0.4) is 0 Å². The molecular weight excluding hydrogens is 205 g/mol. The van der Waals surface area contributed by atoms with E-state index >= 15 is 0 Å². The average Bonchev–Trinajstić information content (AvgIpc) is 2.04. The fraction of sp³-hybridized carbons (Fsp3) is 0.857. The molecule has 1 fully saturated rings. The molecular formula is C7H10F3O2S. The van der Waals surface area contributed by atoms with Gasteiger partial charge in [0, 0.05) is 0 Å². The van der Waals surface area contributed by atoms with Crippen LogP contribution >= 0.6 is 0 Å². The molecule has 0 aromatic heterocycles. The zero-order chi connectivity index (χ0) is 10.1. The summed E-state index contributed by atoms with van der Waals surface area (Å²) in [5.74, 6) is 0. The lowest BCUT2D eigenvalue weighted by molar-refractivity contribution is -0.0436. The molecule has 0 atom stereocenters. The van der Waals surface area contributed by atoms with Gasteiger partial charge >= 0.3 is 5.51 Å². The maximum absolute atomic E-state index is 12.0. The van der Waals surface area contributed by atoms with Gasteiger partial charge in [0.25, 0.3) is 9.84 Å². The van der Waals surface area contributed by atoms with E-state index < -0.39 is 15.3 Å². The van der Waals surface area contributed by atoms with Crippen LogP contribution in [0.4, 0.5) is 13.2 Å². The highest BCUT2D eigenvalue weighted by Crippen LogP contribution is 2.38. The lowest BCUT2D eigenvalue weighted by Gasteiger charge is -2.21. The summed E-state index contributed by atoms with van der Waals surface area (Å²) in [5, 5.41) is -0.341. The minimum absolute atomic E-state index is 0.0713. The third-order valence-electron chi connectivity index (χ3n) is 2.10. The molecule has 0 spiro atoms. The van der Waals surface area contributed by atoms with Crippen LogP contribution in [0.25, 0.3) is 0 Å². The third kappa shape index (κ3) is 2.15. The Morgan fingerprint density at radius 1 is 1.00 bits per heavy atom. The summed E-state index contributed by atoms with van der Waals surface area (Å²) in [6.45, 7) is 0. The lowest BCUT2D eigenvalue weighted by atomic mass is 10.0. The summed E-state index contributed by atoms with van der Waals surface area (Å²) < 4.78 is 57.7. The zero-order valence-corrected chi connectivity index (χ0v) is 7.71. The quantitative estimate of drug-likeness (QED) is 0.673. The first-order chi connectivity index (χ1) is 5.86. The summed E-state index contributed by atoms with van der Waals surface area (Å²) in [5.41, 5.74) is -5.11. The molecule has 0 aromatic carbocycles. The molecule has 0 N–H and O–H groups in total. The molecule has 0 aliphatic heterocycles. The van der Waals surface area contributed by atoms with Gasteiger partial charge in [-0.15, -0.1) is 0 Å². The van der Waals surface area contributed by atoms with Gasteiger partial charge in [0.1, 0.15) is 5.25 Å². The van der Waals surface area contributed by atoms with Gasteiger partial charge in [-0.3, -0.25) is 0 Å². The molecule has 77 valence electrons. The van der Waals surface area contributed by atoms with Crippen molar-refractivity contribution in [3.05, 3.63) is 5.25 Å². The normalized spacial score (nSPS) is 21.8. The van der Waals surface area contributed by atoms with Crippen molar-refractivity contribution in [3.8, 4) is 0 Å². The molecule has 0 heterocycles. The van der Waals surface area contributed by atoms with E-state index in [2.05, 4.69) is 0 Å². The Morgan fingerprint density at radius 2 is 1.46 bits per heavy atom. The standard InChI is InChI=1S/C7H10F3O2S/c8-7(9,10)13(11,12)6-4-2-1-3-5-6/h1-5H2. The Bertz CT molecular complexity index is 262. The first-order valence-corrected chi connectivity index (χ1v) is 5.50. The number of halogens is 3. The average molecular weight is 215 g/mol. The van der Waals surface area contributed by atoms with Crippen molar-refractivity contribution in [2.24, 2.45) is 0 Å². The van der Waals surface area contributed by atoms with Gasteiger partial charge in [-0.05, 0) is 12.8 Å². The van der Waals surface area contributed by atoms with Gasteiger partial charge in [-0.1, -0.05) is 19.3 Å². The Hall–Kier alpha value is -0.260. The highest BCUT2D eigenvalue weighted by molar-refractivity contribution is 7.95. The number of hydrogen-bond acceptors (Lipinski definition) is 2. The van der Waals surface area contributed by atoms with Gasteiger partial charge in [-0.25, -0.2) is 8.42 Å². The summed E-state index contributed by atoms with van der Waals surface area (Å²) in [4.78, 5) is 0. The highest BCUT2D eigenvalue weighted by Gasteiger charge is 2.50. The van der Waals surface area contributed by atoms with Crippen LogP contribution in [0.2, 0.25) is 0 Å². The fourth-order valence-corrected chi connectivity index (χ4v) is 2.53. The van der Waals surface area contributed by atoms with Gasteiger partial charge in [0.2, 0.25) is 0 Å². The van der Waals surface area contributed by atoms with E-state index in [0.717, 1.165) is 6.42 Å². The van der Waals surface area contributed by atoms with E-state index in [-0.39, 0.29) is 18.1 Å². The van der Waals surface area contributed by atoms with E-state index in [1.165, 1.54) is 0 Å². The molecule has 0 unspecified atom stereocenters. The molecule has 0 bridgehead atoms. The molecule has 1 aliphatic carbocycles. The Balaban J connectivity index is 2.80. The lowest BCUT2D eigenvalue weighted by Crippen LogP contribution is -2.30. The molecule has 1 rings (SSSR count). The smallest absolute Gasteiger partial charge is 0.219 e. The van der Waals surface area contributed by atoms with Gasteiger partial charge in [0.15, 0.2) is 0 Å². The van der Waals surface area contributed by atoms with E-state index in [1.54, 1.807) is 0 Å². The van der Waals surface area contributed by atoms with Crippen molar-refractivity contribution < 1.29 is 21.6 Å². The molecule has 1 saturated carbocycles. The van der Waals surface area contributed by atoms with E-state index in [4.69, 9.17) is 0 Å². The van der Waals surface area contributed by atoms with E-state index in [0.29, 0.717) is 12.8 Å². The van der Waals surface area contributed by atoms with Crippen molar-refractivity contribution in [1.29, 1.82) is 0 Å². The van der Waals surface area contributed by atoms with Crippen LogP contribution in [0.15, 0.2) is 0 Å². The summed E-state index contributed by atoms with van der Waals surface area (Å²) in [6, 6.07) is 0. The third-order valence-corrected chi connectivity index (χ3v) is 3.87. The summed E-state index contributed by atoms with van der Waals surface area (Å²) >= 11 is 0. The second-order valence-corrected chi connectivity index (χ2v) is 5.10. The van der Waals surface area contributed by atoms with Crippen molar-refractivity contribution >= 4 is 9.84 Å². The van der Waals surface area contributed by atoms with Crippen molar-refractivity contribution in [3.63, 3.8) is 0 Å². The van der Waals surface area contributed by atoms with E-state index in [1.807, 2.05) is 0 Å². The number of alkyl halides is 3. The topological polar surface area (TPSA) is 34.1 Å². The number of hydrogen-bond donors (Lipinski definition) is 0. The Kier molecular flexibility index (Phi) is 2.89. The van der Waals surface area contributed by atoms with Crippen molar-refractivity contribution in [2.45, 2.75) is 37.6 Å². The largest absolute Gasteiger partial charge is 0.497 e. The van der Waals surface area contributed by atoms with Crippen LogP contribution in [0.1, 0.15) is 32.1 Å². The zero-order valence-electron chi connectivity index (χ0n) is 6.89. The molecule has 6 heteroatoms. The van der Waals surface area contributed by atoms with Crippen LogP contribution in [0, 0.1) is 5.25 Å². The van der Waals surface area contributed by atoms with Gasteiger partial charge in [-0.2, -0.15) is 13.2 Å². The Morgan fingerprint density at radius 3 is 1.85 bits per heavy atom. The summed E-state index contributed by atoms with van der Waals surface area (Å²) in [6.07, 6.45) is 2.05. The second-order valence-electron chi connectivity index (χ2n) is 3.05. The maximum Gasteiger partial charge on any atom is 0.497 e. The van der Waals surface area contributed by atoms with Crippen LogP contribution in [-0.2, 0) is 9.84 Å². The summed E-state index contributed by atoms with van der Waals surface area (Å²) in [7, 11) is -4.98. The minimum Gasteiger partial charge on any atom is -0.219 e. The fourth-order valence-electron chi connectivity index (χ4n) is 1.38. The van der Waals surface area contributed by atoms with Crippen molar-refractivity contribution in [2.75, 3.05) is 0 Å². The molecule has 0 aromatic rings. The molecule has 1 radical (unpaired) electrons. The number of rotatable bonds is 1. The van der Waals surface area contributed by atoms with Crippen LogP contribution in [-0.4, -0.2) is 13.9 Å². The van der Waals surface area contributed by atoms with Gasteiger partial charge < -0.3 is 0 Å². The first-order valence-electron chi connectivity index (χ1n) is 4.02. The van der Waals surface area contributed by atoms with Crippen molar-refractivity contribution in [1.82, 2.24) is 0 Å². The number of sulfone groups is 1. The molecule has 0 amide bonds. The molecule has 1 aliphatic rings. The first kappa shape index (κ1) is 10.8. The predicted molar refractivity (Wildman–Crippen MR) is 41.3 cm³/mol. The second kappa shape index (κ2) is 3.48. The van der Waals surface area contributed by atoms with Crippen LogP contribution < -0.4 is 0 Å². The molecule has 2 nitrogen and oxygen atoms in total. The molecule has 13 heavy (non-hydrogen) atoms. The SMILES string of the molecule is O=S(=O)([C]1CCCCC1)C(F)(F)F. The monoisotopic (exact) mass is 215 g/mol. The van der Waals surface area contributed by atoms with Gasteiger partial charge in [0.05, 0.1) is 0 Å². The van der Waals surface area contributed by atoms with Crippen LogP contribution in [0.5, 0.6) is 0 Å². The molecule has 0 saturated heterocycles. The maximum atomic E-state index is 12.0. The minimum atomic E-state index is -5.11. The highest BCUT2D eigenvalue weighted by atomic mass is 32.2. The predicted octanol–water partition coefficient (Wildman–Crippen LogP) is 2.42. The Labute approximate surface area is 75.0 Å². The van der Waals surface area contributed by atoms with E-state index in [9.17, 15) is 21.6 Å².